The minimum atomic E-state index is -4.90. The third-order valence-electron chi connectivity index (χ3n) is 7.75. The Labute approximate surface area is 253 Å². The monoisotopic (exact) mass is 636 g/mol. The number of nitrogens with two attached hydrogens (primary N) is 1. The molecule has 230 valence electrons. The van der Waals surface area contributed by atoms with E-state index >= 15 is 0 Å². The van der Waals surface area contributed by atoms with E-state index in [2.05, 4.69) is 4.74 Å². The summed E-state index contributed by atoms with van der Waals surface area (Å²) in [6.07, 6.45) is -3.66. The minimum absolute atomic E-state index is 0.0139. The number of amides is 1. The number of nitrogens with zero attached hydrogens (tertiary/aromatic N) is 3. The van der Waals surface area contributed by atoms with Gasteiger partial charge in [0, 0.05) is 50.3 Å². The Morgan fingerprint density at radius 1 is 0.884 bits per heavy atom. The van der Waals surface area contributed by atoms with Gasteiger partial charge in [-0.2, -0.15) is 4.31 Å². The zero-order valence-corrected chi connectivity index (χ0v) is 24.8. The first kappa shape index (κ1) is 31.3. The molecule has 2 aliphatic heterocycles. The highest BCUT2D eigenvalue weighted by atomic mass is 35.5. The molecule has 3 aromatic rings. The van der Waals surface area contributed by atoms with Gasteiger partial charge in [-0.05, 0) is 65.9 Å². The number of likely N-dealkylation sites (tertiary alicyclic amines) is 1. The first-order chi connectivity index (χ1) is 20.4. The number of carbonyl (C=O) groups is 1. The highest BCUT2D eigenvalue weighted by molar-refractivity contribution is 7.89. The molecule has 43 heavy (non-hydrogen) atoms. The molecule has 2 saturated heterocycles. The minimum Gasteiger partial charge on any atom is -0.406 e. The summed E-state index contributed by atoms with van der Waals surface area (Å²) in [5.41, 5.74) is 9.08. The normalized spacial score (nSPS) is 19.4. The summed E-state index contributed by atoms with van der Waals surface area (Å²) < 4.78 is 70.3. The van der Waals surface area contributed by atoms with Crippen LogP contribution in [0.4, 0.5) is 13.2 Å². The third kappa shape index (κ3) is 7.68. The van der Waals surface area contributed by atoms with Crippen LogP contribution in [0.25, 0.3) is 11.1 Å². The summed E-state index contributed by atoms with van der Waals surface area (Å²) >= 11 is 6.00. The number of piperidine rings is 1. The van der Waals surface area contributed by atoms with Gasteiger partial charge in [-0.15, -0.1) is 13.2 Å². The van der Waals surface area contributed by atoms with Crippen molar-refractivity contribution in [3.63, 3.8) is 0 Å². The predicted octanol–water partition coefficient (Wildman–Crippen LogP) is 4.73. The van der Waals surface area contributed by atoms with E-state index in [4.69, 9.17) is 17.3 Å². The molecule has 2 heterocycles. The molecule has 0 unspecified atom stereocenters. The van der Waals surface area contributed by atoms with Crippen LogP contribution in [0.15, 0.2) is 77.7 Å². The van der Waals surface area contributed by atoms with E-state index in [9.17, 15) is 26.4 Å². The highest BCUT2D eigenvalue weighted by Crippen LogP contribution is 2.29. The van der Waals surface area contributed by atoms with Crippen LogP contribution >= 0.6 is 11.6 Å². The lowest BCUT2D eigenvalue weighted by atomic mass is 10.0. The zero-order chi connectivity index (χ0) is 30.8. The molecule has 0 aliphatic carbocycles. The van der Waals surface area contributed by atoms with E-state index < -0.39 is 28.2 Å². The van der Waals surface area contributed by atoms with Crippen LogP contribution in [0, 0.1) is 0 Å². The van der Waals surface area contributed by atoms with Crippen molar-refractivity contribution in [2.75, 3.05) is 32.7 Å². The quantitative estimate of drug-likeness (QED) is 0.403. The van der Waals surface area contributed by atoms with Crippen molar-refractivity contribution in [2.24, 2.45) is 5.73 Å². The standard InChI is InChI=1S/C30H32ClF3N4O4S/c31-24-7-5-23(6-8-24)22-3-1-21(2-4-22)19-36-17-18-38(28(20-36)29(39)37-15-13-25(35)14-16-37)43(40,41)27-11-9-26(10-12-27)42-30(32,33)34/h1-12,25,28H,13-20,35H2/t28-/m0/s1. The fourth-order valence-electron chi connectivity index (χ4n) is 5.44. The molecular weight excluding hydrogens is 605 g/mol. The Bertz CT molecular complexity index is 1510. The van der Waals surface area contributed by atoms with Gasteiger partial charge < -0.3 is 15.4 Å². The first-order valence-corrected chi connectivity index (χ1v) is 15.7. The van der Waals surface area contributed by atoms with Crippen molar-refractivity contribution >= 4 is 27.5 Å². The number of alkyl halides is 3. The second kappa shape index (κ2) is 12.8. The fourth-order valence-corrected chi connectivity index (χ4v) is 7.13. The smallest absolute Gasteiger partial charge is 0.406 e. The third-order valence-corrected chi connectivity index (χ3v) is 9.93. The molecule has 0 bridgehead atoms. The molecule has 1 amide bonds. The van der Waals surface area contributed by atoms with E-state index in [0.29, 0.717) is 44.0 Å². The van der Waals surface area contributed by atoms with Crippen molar-refractivity contribution in [3.8, 4) is 16.9 Å². The second-order valence-corrected chi connectivity index (χ2v) is 13.1. The summed E-state index contributed by atoms with van der Waals surface area (Å²) in [4.78, 5) is 17.3. The van der Waals surface area contributed by atoms with Crippen LogP contribution in [-0.2, 0) is 21.4 Å². The van der Waals surface area contributed by atoms with Crippen LogP contribution in [0.1, 0.15) is 18.4 Å². The Hall–Kier alpha value is -3.16. The second-order valence-electron chi connectivity index (χ2n) is 10.8. The van der Waals surface area contributed by atoms with Gasteiger partial charge in [0.2, 0.25) is 15.9 Å². The van der Waals surface area contributed by atoms with Gasteiger partial charge in [0.1, 0.15) is 11.8 Å². The number of sulfonamides is 1. The number of carbonyl (C=O) groups excluding carboxylic acids is 1. The van der Waals surface area contributed by atoms with Gasteiger partial charge in [-0.25, -0.2) is 8.42 Å². The Balaban J connectivity index is 1.34. The van der Waals surface area contributed by atoms with E-state index in [1.165, 1.54) is 4.31 Å². The van der Waals surface area contributed by atoms with Gasteiger partial charge in [0.05, 0.1) is 4.90 Å². The van der Waals surface area contributed by atoms with Crippen molar-refractivity contribution < 1.29 is 31.1 Å². The summed E-state index contributed by atoms with van der Waals surface area (Å²) in [5, 5.41) is 0.658. The topological polar surface area (TPSA) is 96.2 Å². The van der Waals surface area contributed by atoms with Crippen molar-refractivity contribution in [2.45, 2.75) is 42.7 Å². The van der Waals surface area contributed by atoms with Crippen molar-refractivity contribution in [3.05, 3.63) is 83.4 Å². The predicted molar refractivity (Wildman–Crippen MR) is 157 cm³/mol. The largest absolute Gasteiger partial charge is 0.573 e. The Morgan fingerprint density at radius 3 is 2.05 bits per heavy atom. The molecule has 0 spiro atoms. The number of benzene rings is 3. The SMILES string of the molecule is NC1CCN(C(=O)[C@@H]2CN(Cc3ccc(-c4ccc(Cl)cc4)cc3)CCN2S(=O)(=O)c2ccc(OC(F)(F)F)cc2)CC1. The molecule has 0 radical (unpaired) electrons. The van der Waals surface area contributed by atoms with Crippen LogP contribution in [0.3, 0.4) is 0 Å². The number of hydrogen-bond acceptors (Lipinski definition) is 6. The highest BCUT2D eigenvalue weighted by Gasteiger charge is 2.42. The van der Waals surface area contributed by atoms with Crippen LogP contribution in [-0.4, -0.2) is 79.6 Å². The summed E-state index contributed by atoms with van der Waals surface area (Å²) in [6, 6.07) is 18.6. The van der Waals surface area contributed by atoms with Crippen LogP contribution < -0.4 is 10.5 Å². The molecule has 13 heteroatoms. The van der Waals surface area contributed by atoms with E-state index in [1.807, 2.05) is 53.4 Å². The molecule has 3 aromatic carbocycles. The molecule has 0 aromatic heterocycles. The van der Waals surface area contributed by atoms with Crippen molar-refractivity contribution in [1.82, 2.24) is 14.1 Å². The molecule has 2 aliphatic rings. The Morgan fingerprint density at radius 2 is 1.47 bits per heavy atom. The van der Waals surface area contributed by atoms with Gasteiger partial charge in [-0.1, -0.05) is 48.0 Å². The Kier molecular flexibility index (Phi) is 9.33. The van der Waals surface area contributed by atoms with Crippen LogP contribution in [0.5, 0.6) is 5.75 Å². The maximum atomic E-state index is 13.8. The lowest BCUT2D eigenvalue weighted by molar-refractivity contribution is -0.274. The zero-order valence-electron chi connectivity index (χ0n) is 23.2. The van der Waals surface area contributed by atoms with E-state index in [-0.39, 0.29) is 29.9 Å². The van der Waals surface area contributed by atoms with Gasteiger partial charge in [0.25, 0.3) is 0 Å². The molecular formula is C30H32ClF3N4O4S. The number of hydrogen-bond donors (Lipinski definition) is 1. The molecule has 1 atom stereocenters. The molecule has 0 saturated carbocycles. The van der Waals surface area contributed by atoms with Gasteiger partial charge in [-0.3, -0.25) is 9.69 Å². The summed E-state index contributed by atoms with van der Waals surface area (Å²) in [5.74, 6) is -0.842. The average Bonchev–Trinajstić information content (AvgIpc) is 2.97. The van der Waals surface area contributed by atoms with E-state index in [0.717, 1.165) is 41.0 Å². The van der Waals surface area contributed by atoms with Crippen molar-refractivity contribution in [1.29, 1.82) is 0 Å². The average molecular weight is 637 g/mol. The summed E-state index contributed by atoms with van der Waals surface area (Å²) in [7, 11) is -4.21. The summed E-state index contributed by atoms with van der Waals surface area (Å²) in [6.45, 7) is 1.93. The molecule has 5 rings (SSSR count). The molecule has 2 fully saturated rings. The molecule has 2 N–H and O–H groups in total. The first-order valence-electron chi connectivity index (χ1n) is 13.9. The number of rotatable bonds is 7. The number of ether oxygens (including phenoxy) is 1. The van der Waals surface area contributed by atoms with Gasteiger partial charge >= 0.3 is 6.36 Å². The molecule has 8 nitrogen and oxygen atoms in total. The van der Waals surface area contributed by atoms with E-state index in [1.54, 1.807) is 4.90 Å². The fraction of sp³-hybridized carbons (Fsp3) is 0.367. The lowest BCUT2D eigenvalue weighted by Crippen LogP contribution is -2.61. The maximum Gasteiger partial charge on any atom is 0.573 e. The number of halogens is 4. The maximum absolute atomic E-state index is 13.8. The lowest BCUT2D eigenvalue weighted by Gasteiger charge is -2.42. The van der Waals surface area contributed by atoms with Gasteiger partial charge in [0.15, 0.2) is 0 Å². The number of piperazine rings is 1. The van der Waals surface area contributed by atoms with Crippen LogP contribution in [0.2, 0.25) is 5.02 Å².